The molecule has 0 aliphatic heterocycles. The third-order valence-corrected chi connectivity index (χ3v) is 2.74. The number of halogens is 2. The number of hydrogen-bond donors (Lipinski definition) is 2. The topological polar surface area (TPSA) is 75.6 Å². The second-order valence-corrected chi connectivity index (χ2v) is 5.33. The van der Waals surface area contributed by atoms with E-state index in [1.807, 2.05) is 13.8 Å². The summed E-state index contributed by atoms with van der Waals surface area (Å²) in [4.78, 5) is 22.1. The Hall–Kier alpha value is -1.72. The molecular formula is C14H15Cl2NO4. The number of benzene rings is 1. The van der Waals surface area contributed by atoms with Gasteiger partial charge in [-0.1, -0.05) is 23.2 Å². The molecular weight excluding hydrogens is 317 g/mol. The maximum absolute atomic E-state index is 11.6. The van der Waals surface area contributed by atoms with E-state index in [9.17, 15) is 9.59 Å². The van der Waals surface area contributed by atoms with Crippen molar-refractivity contribution in [2.45, 2.75) is 19.9 Å². The van der Waals surface area contributed by atoms with Gasteiger partial charge < -0.3 is 15.2 Å². The molecule has 0 heterocycles. The molecule has 114 valence electrons. The van der Waals surface area contributed by atoms with Gasteiger partial charge in [-0.15, -0.1) is 0 Å². The molecule has 0 unspecified atom stereocenters. The lowest BCUT2D eigenvalue weighted by molar-refractivity contribution is -0.131. The van der Waals surface area contributed by atoms with Crippen LogP contribution < -0.4 is 10.1 Å². The van der Waals surface area contributed by atoms with Crippen molar-refractivity contribution in [3.63, 3.8) is 0 Å². The summed E-state index contributed by atoms with van der Waals surface area (Å²) >= 11 is 11.9. The zero-order valence-corrected chi connectivity index (χ0v) is 13.0. The number of carbonyl (C=O) groups excluding carboxylic acids is 1. The Morgan fingerprint density at radius 1 is 1.38 bits per heavy atom. The number of rotatable bonds is 6. The van der Waals surface area contributed by atoms with E-state index in [-0.39, 0.29) is 29.3 Å². The first kappa shape index (κ1) is 17.3. The Kier molecular flexibility index (Phi) is 6.52. The molecule has 7 heteroatoms. The number of nitrogens with one attached hydrogen (secondary N) is 1. The average molecular weight is 332 g/mol. The van der Waals surface area contributed by atoms with Crippen molar-refractivity contribution in [1.29, 1.82) is 0 Å². The molecule has 0 aromatic heterocycles. The average Bonchev–Trinajstić information content (AvgIpc) is 2.33. The van der Waals surface area contributed by atoms with Gasteiger partial charge in [0.15, 0.2) is 6.61 Å². The van der Waals surface area contributed by atoms with Gasteiger partial charge in [0.25, 0.3) is 5.91 Å². The van der Waals surface area contributed by atoms with Crippen LogP contribution in [0, 0.1) is 0 Å². The van der Waals surface area contributed by atoms with Crippen molar-refractivity contribution in [3.05, 3.63) is 33.8 Å². The first-order valence-corrected chi connectivity index (χ1v) is 6.87. The fraction of sp³-hybridized carbons (Fsp3) is 0.286. The zero-order chi connectivity index (χ0) is 16.0. The summed E-state index contributed by atoms with van der Waals surface area (Å²) in [6.07, 6.45) is 2.23. The Morgan fingerprint density at radius 3 is 2.62 bits per heavy atom. The Labute approximate surface area is 132 Å². The molecule has 0 fully saturated rings. The van der Waals surface area contributed by atoms with Crippen molar-refractivity contribution in [3.8, 4) is 5.75 Å². The van der Waals surface area contributed by atoms with Gasteiger partial charge in [0.2, 0.25) is 0 Å². The van der Waals surface area contributed by atoms with Crippen LogP contribution >= 0.6 is 23.2 Å². The van der Waals surface area contributed by atoms with Crippen LogP contribution in [0.15, 0.2) is 18.2 Å². The summed E-state index contributed by atoms with van der Waals surface area (Å²) in [7, 11) is 0. The molecule has 21 heavy (non-hydrogen) atoms. The van der Waals surface area contributed by atoms with Crippen LogP contribution in [0.5, 0.6) is 5.75 Å². The van der Waals surface area contributed by atoms with Crippen LogP contribution in [0.1, 0.15) is 19.4 Å². The van der Waals surface area contributed by atoms with E-state index in [2.05, 4.69) is 5.32 Å². The normalized spacial score (nSPS) is 10.9. The monoisotopic (exact) mass is 331 g/mol. The highest BCUT2D eigenvalue weighted by atomic mass is 35.5. The van der Waals surface area contributed by atoms with Gasteiger partial charge >= 0.3 is 5.97 Å². The van der Waals surface area contributed by atoms with Gasteiger partial charge in [-0.2, -0.15) is 0 Å². The predicted octanol–water partition coefficient (Wildman–Crippen LogP) is 2.99. The number of amides is 1. The van der Waals surface area contributed by atoms with E-state index in [4.69, 9.17) is 33.0 Å². The van der Waals surface area contributed by atoms with Crippen molar-refractivity contribution in [2.24, 2.45) is 0 Å². The third-order valence-electron chi connectivity index (χ3n) is 2.24. The van der Waals surface area contributed by atoms with Crippen LogP contribution in [0.4, 0.5) is 0 Å². The molecule has 0 saturated heterocycles. The maximum Gasteiger partial charge on any atom is 0.328 e. The van der Waals surface area contributed by atoms with Gasteiger partial charge in [-0.25, -0.2) is 4.79 Å². The summed E-state index contributed by atoms with van der Waals surface area (Å²) in [6, 6.07) is 2.95. The Balaban J connectivity index is 2.94. The van der Waals surface area contributed by atoms with Gasteiger partial charge in [0.05, 0.1) is 5.02 Å². The third kappa shape index (κ3) is 6.06. The van der Waals surface area contributed by atoms with Crippen molar-refractivity contribution in [2.75, 3.05) is 6.61 Å². The lowest BCUT2D eigenvalue weighted by Gasteiger charge is -2.13. The number of carboxylic acids is 1. The molecule has 0 atom stereocenters. The van der Waals surface area contributed by atoms with E-state index in [1.54, 1.807) is 0 Å². The second kappa shape index (κ2) is 7.90. The predicted molar refractivity (Wildman–Crippen MR) is 81.9 cm³/mol. The number of carboxylic acid groups (broad SMARTS) is 1. The quantitative estimate of drug-likeness (QED) is 0.785. The zero-order valence-electron chi connectivity index (χ0n) is 11.5. The minimum atomic E-state index is -1.12. The maximum atomic E-state index is 11.6. The van der Waals surface area contributed by atoms with Crippen LogP contribution in [0.25, 0.3) is 6.08 Å². The van der Waals surface area contributed by atoms with Crippen LogP contribution in [-0.2, 0) is 9.59 Å². The van der Waals surface area contributed by atoms with Gasteiger partial charge in [0.1, 0.15) is 5.75 Å². The molecule has 0 bridgehead atoms. The minimum Gasteiger partial charge on any atom is -0.482 e. The first-order chi connectivity index (χ1) is 9.79. The first-order valence-electron chi connectivity index (χ1n) is 6.11. The van der Waals surface area contributed by atoms with Crippen LogP contribution in [-0.4, -0.2) is 29.6 Å². The number of aliphatic carboxylic acids is 1. The van der Waals surface area contributed by atoms with Crippen LogP contribution in [0.2, 0.25) is 10.0 Å². The molecule has 2 N–H and O–H groups in total. The standard InChI is InChI=1S/C14H15Cl2NO4/c1-8(2)17-12(18)7-21-14-9(3-4-13(19)20)5-10(15)6-11(14)16/h3-6,8H,7H2,1-2H3,(H,17,18)(H,19,20)/b4-3+. The van der Waals surface area contributed by atoms with Gasteiger partial charge in [0, 0.05) is 22.7 Å². The van der Waals surface area contributed by atoms with Crippen molar-refractivity contribution < 1.29 is 19.4 Å². The number of ether oxygens (including phenoxy) is 1. The minimum absolute atomic E-state index is 0.00633. The number of hydrogen-bond acceptors (Lipinski definition) is 3. The molecule has 1 amide bonds. The summed E-state index contributed by atoms with van der Waals surface area (Å²) in [5.74, 6) is -1.21. The summed E-state index contributed by atoms with van der Waals surface area (Å²) in [6.45, 7) is 3.43. The molecule has 5 nitrogen and oxygen atoms in total. The fourth-order valence-corrected chi connectivity index (χ4v) is 2.08. The molecule has 1 aromatic carbocycles. The smallest absolute Gasteiger partial charge is 0.328 e. The molecule has 0 saturated carbocycles. The van der Waals surface area contributed by atoms with Crippen molar-refractivity contribution in [1.82, 2.24) is 5.32 Å². The molecule has 0 radical (unpaired) electrons. The lowest BCUT2D eigenvalue weighted by Crippen LogP contribution is -2.34. The van der Waals surface area contributed by atoms with Gasteiger partial charge in [-0.05, 0) is 32.1 Å². The molecule has 1 rings (SSSR count). The van der Waals surface area contributed by atoms with E-state index < -0.39 is 5.97 Å². The highest BCUT2D eigenvalue weighted by Gasteiger charge is 2.12. The fourth-order valence-electron chi connectivity index (χ4n) is 1.52. The Morgan fingerprint density at radius 2 is 2.05 bits per heavy atom. The van der Waals surface area contributed by atoms with E-state index in [0.717, 1.165) is 6.08 Å². The summed E-state index contributed by atoms with van der Waals surface area (Å²) < 4.78 is 5.37. The summed E-state index contributed by atoms with van der Waals surface area (Å²) in [5.41, 5.74) is 0.382. The molecule has 1 aromatic rings. The van der Waals surface area contributed by atoms with Gasteiger partial charge in [-0.3, -0.25) is 4.79 Å². The SMILES string of the molecule is CC(C)NC(=O)COc1c(Cl)cc(Cl)cc1/C=C/C(=O)O. The lowest BCUT2D eigenvalue weighted by atomic mass is 10.2. The molecule has 0 aliphatic carbocycles. The van der Waals surface area contributed by atoms with E-state index in [0.29, 0.717) is 10.6 Å². The molecule has 0 aliphatic rings. The largest absolute Gasteiger partial charge is 0.482 e. The Bertz CT molecular complexity index is 570. The van der Waals surface area contributed by atoms with Crippen molar-refractivity contribution >= 4 is 41.2 Å². The highest BCUT2D eigenvalue weighted by molar-refractivity contribution is 6.36. The second-order valence-electron chi connectivity index (χ2n) is 4.49. The highest BCUT2D eigenvalue weighted by Crippen LogP contribution is 2.33. The van der Waals surface area contributed by atoms with E-state index in [1.165, 1.54) is 18.2 Å². The number of carbonyl (C=O) groups is 2. The summed E-state index contributed by atoms with van der Waals surface area (Å²) in [5, 5.41) is 11.9. The van der Waals surface area contributed by atoms with E-state index >= 15 is 0 Å². The van der Waals surface area contributed by atoms with Crippen LogP contribution in [0.3, 0.4) is 0 Å². The molecule has 0 spiro atoms.